The minimum Gasteiger partial charge on any atom is -0.367 e. The number of anilines is 1. The lowest BCUT2D eigenvalue weighted by atomic mass is 10.2. The number of rotatable bonds is 4. The lowest BCUT2D eigenvalue weighted by Gasteiger charge is -2.14. The van der Waals surface area contributed by atoms with Crippen molar-refractivity contribution in [3.63, 3.8) is 0 Å². The number of nitrogens with one attached hydrogen (secondary N) is 1. The Morgan fingerprint density at radius 2 is 2.10 bits per heavy atom. The van der Waals surface area contributed by atoms with E-state index in [2.05, 4.69) is 32.6 Å². The first-order chi connectivity index (χ1) is 9.72. The zero-order valence-corrected chi connectivity index (χ0v) is 12.3. The van der Waals surface area contributed by atoms with Gasteiger partial charge in [-0.15, -0.1) is 11.3 Å². The second-order valence-electron chi connectivity index (χ2n) is 4.85. The smallest absolute Gasteiger partial charge is 0.137 e. The first-order valence-corrected chi connectivity index (χ1v) is 7.47. The molecule has 0 bridgehead atoms. The van der Waals surface area contributed by atoms with Gasteiger partial charge < -0.3 is 5.32 Å². The van der Waals surface area contributed by atoms with Gasteiger partial charge >= 0.3 is 0 Å². The van der Waals surface area contributed by atoms with Crippen molar-refractivity contribution < 1.29 is 0 Å². The zero-order chi connectivity index (χ0) is 13.9. The fourth-order valence-corrected chi connectivity index (χ4v) is 2.85. The summed E-state index contributed by atoms with van der Waals surface area (Å²) in [6.45, 7) is 4.18. The van der Waals surface area contributed by atoms with Crippen LogP contribution in [0.4, 0.5) is 5.82 Å². The molecule has 102 valence electrons. The van der Waals surface area contributed by atoms with E-state index in [1.807, 2.05) is 31.2 Å². The van der Waals surface area contributed by atoms with Crippen molar-refractivity contribution in [3.8, 4) is 0 Å². The Morgan fingerprint density at radius 1 is 1.25 bits per heavy atom. The number of para-hydroxylation sites is 1. The Morgan fingerprint density at radius 3 is 2.90 bits per heavy atom. The van der Waals surface area contributed by atoms with Gasteiger partial charge in [0.15, 0.2) is 0 Å². The maximum Gasteiger partial charge on any atom is 0.137 e. The molecule has 0 aliphatic rings. The average Bonchev–Trinajstić information content (AvgIpc) is 2.84. The number of hydrogen-bond acceptors (Lipinski definition) is 5. The number of benzene rings is 1. The fourth-order valence-electron chi connectivity index (χ4n) is 2.22. The highest BCUT2D eigenvalue weighted by Crippen LogP contribution is 2.20. The molecular weight excluding hydrogens is 268 g/mol. The van der Waals surface area contributed by atoms with Gasteiger partial charge in [0.05, 0.1) is 16.2 Å². The third-order valence-electron chi connectivity index (χ3n) is 3.11. The summed E-state index contributed by atoms with van der Waals surface area (Å²) in [5.74, 6) is 0.884. The van der Waals surface area contributed by atoms with Gasteiger partial charge in [0.25, 0.3) is 0 Å². The van der Waals surface area contributed by atoms with E-state index in [-0.39, 0.29) is 6.04 Å². The molecule has 0 saturated heterocycles. The molecule has 1 N–H and O–H groups in total. The number of nitrogens with zero attached hydrogens (tertiary/aromatic N) is 3. The first-order valence-electron chi connectivity index (χ1n) is 6.59. The van der Waals surface area contributed by atoms with Gasteiger partial charge in [0.1, 0.15) is 12.1 Å². The van der Waals surface area contributed by atoms with Crippen LogP contribution in [0.3, 0.4) is 0 Å². The van der Waals surface area contributed by atoms with Crippen LogP contribution in [-0.4, -0.2) is 21.0 Å². The monoisotopic (exact) mass is 284 g/mol. The molecule has 0 saturated carbocycles. The summed E-state index contributed by atoms with van der Waals surface area (Å²) in [7, 11) is 0. The molecule has 0 amide bonds. The normalized spacial score (nSPS) is 12.5. The van der Waals surface area contributed by atoms with Crippen LogP contribution in [0.5, 0.6) is 0 Å². The average molecular weight is 284 g/mol. The van der Waals surface area contributed by atoms with Crippen molar-refractivity contribution >= 4 is 28.1 Å². The van der Waals surface area contributed by atoms with Gasteiger partial charge in [-0.1, -0.05) is 12.1 Å². The van der Waals surface area contributed by atoms with E-state index in [9.17, 15) is 0 Å². The predicted molar refractivity (Wildman–Crippen MR) is 83.2 cm³/mol. The molecule has 1 unspecified atom stereocenters. The highest BCUT2D eigenvalue weighted by Gasteiger charge is 2.09. The maximum absolute atomic E-state index is 4.50. The van der Waals surface area contributed by atoms with Crippen molar-refractivity contribution in [1.29, 1.82) is 0 Å². The Balaban J connectivity index is 1.79. The molecule has 5 heteroatoms. The molecule has 3 aromatic rings. The Bertz CT molecular complexity index is 717. The van der Waals surface area contributed by atoms with Gasteiger partial charge in [-0.25, -0.2) is 15.0 Å². The van der Waals surface area contributed by atoms with Crippen molar-refractivity contribution in [1.82, 2.24) is 15.0 Å². The van der Waals surface area contributed by atoms with Crippen molar-refractivity contribution in [2.24, 2.45) is 0 Å². The number of aryl methyl sites for hydroxylation is 1. The van der Waals surface area contributed by atoms with E-state index in [1.54, 1.807) is 17.7 Å². The largest absolute Gasteiger partial charge is 0.367 e. The van der Waals surface area contributed by atoms with Gasteiger partial charge in [0.2, 0.25) is 0 Å². The summed E-state index contributed by atoms with van der Waals surface area (Å²) in [6.07, 6.45) is 2.49. The quantitative estimate of drug-likeness (QED) is 0.797. The molecule has 3 rings (SSSR count). The first kappa shape index (κ1) is 13.0. The summed E-state index contributed by atoms with van der Waals surface area (Å²) in [6, 6.07) is 8.30. The van der Waals surface area contributed by atoms with Crippen LogP contribution in [0, 0.1) is 6.92 Å². The molecule has 0 spiro atoms. The van der Waals surface area contributed by atoms with Gasteiger partial charge in [0, 0.05) is 23.2 Å². The molecule has 0 radical (unpaired) electrons. The molecule has 0 fully saturated rings. The number of hydrogen-bond donors (Lipinski definition) is 1. The summed E-state index contributed by atoms with van der Waals surface area (Å²) in [5.41, 5.74) is 2.09. The van der Waals surface area contributed by atoms with Gasteiger partial charge in [-0.3, -0.25) is 0 Å². The standard InChI is InChI=1S/C15H16N4S/c1-10(7-12-8-20-11(2)19-12)18-15-13-5-3-4-6-14(13)16-9-17-15/h3-6,8-10H,7H2,1-2H3,(H,16,17,18). The third-order valence-corrected chi connectivity index (χ3v) is 3.93. The lowest BCUT2D eigenvalue weighted by molar-refractivity contribution is 0.769. The SMILES string of the molecule is Cc1nc(CC(C)Nc2ncnc3ccccc23)cs1. The Labute approximate surface area is 121 Å². The van der Waals surface area contributed by atoms with Crippen molar-refractivity contribution in [3.05, 3.63) is 46.7 Å². The van der Waals surface area contributed by atoms with Crippen LogP contribution in [0.1, 0.15) is 17.6 Å². The summed E-state index contributed by atoms with van der Waals surface area (Å²) in [4.78, 5) is 13.1. The van der Waals surface area contributed by atoms with Crippen LogP contribution < -0.4 is 5.32 Å². The van der Waals surface area contributed by atoms with Gasteiger partial charge in [-0.2, -0.15) is 0 Å². The van der Waals surface area contributed by atoms with E-state index < -0.39 is 0 Å². The van der Waals surface area contributed by atoms with Crippen LogP contribution >= 0.6 is 11.3 Å². The molecule has 1 aromatic carbocycles. The van der Waals surface area contributed by atoms with Gasteiger partial charge in [-0.05, 0) is 26.0 Å². The second kappa shape index (κ2) is 5.54. The Hall–Kier alpha value is -2.01. The summed E-state index contributed by atoms with van der Waals surface area (Å²) >= 11 is 1.69. The lowest BCUT2D eigenvalue weighted by Crippen LogP contribution is -2.19. The highest BCUT2D eigenvalue weighted by atomic mass is 32.1. The molecule has 0 aliphatic carbocycles. The number of aromatic nitrogens is 3. The highest BCUT2D eigenvalue weighted by molar-refractivity contribution is 7.09. The van der Waals surface area contributed by atoms with Crippen molar-refractivity contribution in [2.75, 3.05) is 5.32 Å². The van der Waals surface area contributed by atoms with Crippen LogP contribution in [0.2, 0.25) is 0 Å². The van der Waals surface area contributed by atoms with Crippen LogP contribution in [-0.2, 0) is 6.42 Å². The molecule has 1 atom stereocenters. The predicted octanol–water partition coefficient (Wildman–Crippen LogP) is 3.44. The van der Waals surface area contributed by atoms with E-state index >= 15 is 0 Å². The van der Waals surface area contributed by atoms with E-state index in [0.717, 1.165) is 33.8 Å². The van der Waals surface area contributed by atoms with Crippen LogP contribution in [0.25, 0.3) is 10.9 Å². The molecule has 0 aliphatic heterocycles. The van der Waals surface area contributed by atoms with Crippen LogP contribution in [0.15, 0.2) is 36.0 Å². The second-order valence-corrected chi connectivity index (χ2v) is 5.91. The Kier molecular flexibility index (Phi) is 3.60. The molecular formula is C15H16N4S. The molecule has 2 aromatic heterocycles. The minimum absolute atomic E-state index is 0.273. The van der Waals surface area contributed by atoms with E-state index in [0.29, 0.717) is 0 Å². The molecule has 2 heterocycles. The van der Waals surface area contributed by atoms with E-state index in [1.165, 1.54) is 0 Å². The minimum atomic E-state index is 0.273. The van der Waals surface area contributed by atoms with Crippen molar-refractivity contribution in [2.45, 2.75) is 26.3 Å². The topological polar surface area (TPSA) is 50.7 Å². The maximum atomic E-state index is 4.50. The number of thiazole rings is 1. The third kappa shape index (κ3) is 2.77. The zero-order valence-electron chi connectivity index (χ0n) is 11.5. The summed E-state index contributed by atoms with van der Waals surface area (Å²) < 4.78 is 0. The summed E-state index contributed by atoms with van der Waals surface area (Å²) in [5, 5.41) is 7.74. The molecule has 20 heavy (non-hydrogen) atoms. The fraction of sp³-hybridized carbons (Fsp3) is 0.267. The van der Waals surface area contributed by atoms with E-state index in [4.69, 9.17) is 0 Å². The number of fused-ring (bicyclic) bond motifs is 1. The molecule has 4 nitrogen and oxygen atoms in total.